The number of nitrogens with one attached hydrogen (secondary N) is 1. The van der Waals surface area contributed by atoms with E-state index in [1.807, 2.05) is 31.2 Å². The van der Waals surface area contributed by atoms with Gasteiger partial charge in [0.25, 0.3) is 5.56 Å². The molecule has 0 bridgehead atoms. The van der Waals surface area contributed by atoms with Gasteiger partial charge in [-0.15, -0.1) is 0 Å². The number of hydrogen-bond acceptors (Lipinski definition) is 5. The van der Waals surface area contributed by atoms with Crippen molar-refractivity contribution >= 4 is 12.2 Å². The van der Waals surface area contributed by atoms with Crippen LogP contribution >= 0.6 is 0 Å². The molecule has 0 saturated heterocycles. The zero-order valence-electron chi connectivity index (χ0n) is 13.0. The third-order valence-electron chi connectivity index (χ3n) is 3.16. The van der Waals surface area contributed by atoms with Gasteiger partial charge < -0.3 is 14.2 Å². The maximum Gasteiger partial charge on any atom is 0.264 e. The molecule has 0 spiro atoms. The molecule has 2 rings (SSSR count). The van der Waals surface area contributed by atoms with Crippen LogP contribution in [0.2, 0.25) is 0 Å². The zero-order chi connectivity index (χ0) is 16.1. The van der Waals surface area contributed by atoms with E-state index < -0.39 is 0 Å². The molecule has 6 nitrogen and oxygen atoms in total. The number of aromatic nitrogens is 2. The molecule has 0 unspecified atom stereocenters. The van der Waals surface area contributed by atoms with Crippen molar-refractivity contribution in [1.82, 2.24) is 10.2 Å². The number of benzene rings is 1. The van der Waals surface area contributed by atoms with E-state index in [0.29, 0.717) is 22.9 Å². The fourth-order valence-electron chi connectivity index (χ4n) is 2.05. The number of methoxy groups -OCH3 is 3. The van der Waals surface area contributed by atoms with Gasteiger partial charge in [-0.05, 0) is 36.3 Å². The summed E-state index contributed by atoms with van der Waals surface area (Å²) in [5, 5.41) is 6.41. The summed E-state index contributed by atoms with van der Waals surface area (Å²) in [4.78, 5) is 11.2. The molecule has 0 saturated carbocycles. The molecule has 0 fully saturated rings. The molecule has 0 aliphatic carbocycles. The molecule has 116 valence electrons. The highest BCUT2D eigenvalue weighted by atomic mass is 16.5. The largest absolute Gasteiger partial charge is 0.493 e. The van der Waals surface area contributed by atoms with Crippen LogP contribution in [0.4, 0.5) is 0 Å². The standard InChI is InChI=1S/C16H18N2O4/c1-10-7-15(19)18-17-12(10)6-5-11-8-13(20-2)16(22-4)14(9-11)21-3/h5-9H,1-4H3,(H,18,19). The Balaban J connectivity index is 2.40. The minimum Gasteiger partial charge on any atom is -0.493 e. The van der Waals surface area contributed by atoms with Gasteiger partial charge in [-0.1, -0.05) is 6.08 Å². The first-order valence-corrected chi connectivity index (χ1v) is 6.63. The first kappa shape index (κ1) is 15.6. The van der Waals surface area contributed by atoms with E-state index in [0.717, 1.165) is 11.1 Å². The van der Waals surface area contributed by atoms with E-state index in [4.69, 9.17) is 14.2 Å². The normalized spacial score (nSPS) is 10.7. The van der Waals surface area contributed by atoms with Crippen molar-refractivity contribution in [2.45, 2.75) is 6.92 Å². The van der Waals surface area contributed by atoms with Gasteiger partial charge in [0.1, 0.15) is 0 Å². The Kier molecular flexibility index (Phi) is 4.83. The quantitative estimate of drug-likeness (QED) is 0.917. The SMILES string of the molecule is COc1cc(C=Cc2n[nH]c(=O)cc2C)cc(OC)c1OC. The molecule has 1 heterocycles. The van der Waals surface area contributed by atoms with Crippen LogP contribution in [-0.4, -0.2) is 31.5 Å². The van der Waals surface area contributed by atoms with Crippen LogP contribution in [0.3, 0.4) is 0 Å². The average molecular weight is 302 g/mol. The lowest BCUT2D eigenvalue weighted by Crippen LogP contribution is -2.08. The smallest absolute Gasteiger partial charge is 0.264 e. The van der Waals surface area contributed by atoms with Crippen LogP contribution < -0.4 is 19.8 Å². The highest BCUT2D eigenvalue weighted by molar-refractivity contribution is 5.72. The predicted molar refractivity (Wildman–Crippen MR) is 84.6 cm³/mol. The number of aromatic amines is 1. The van der Waals surface area contributed by atoms with Gasteiger partial charge >= 0.3 is 0 Å². The lowest BCUT2D eigenvalue weighted by Gasteiger charge is -2.12. The van der Waals surface area contributed by atoms with E-state index in [1.54, 1.807) is 21.3 Å². The number of aryl methyl sites for hydroxylation is 1. The zero-order valence-corrected chi connectivity index (χ0v) is 13.0. The second-order valence-electron chi connectivity index (χ2n) is 4.59. The lowest BCUT2D eigenvalue weighted by atomic mass is 10.1. The molecule has 1 aromatic heterocycles. The Morgan fingerprint density at radius 3 is 2.14 bits per heavy atom. The van der Waals surface area contributed by atoms with Crippen LogP contribution in [0.15, 0.2) is 23.0 Å². The molecule has 22 heavy (non-hydrogen) atoms. The Bertz CT molecular complexity index is 725. The third kappa shape index (κ3) is 3.28. The molecule has 0 amide bonds. The van der Waals surface area contributed by atoms with Gasteiger partial charge in [0.05, 0.1) is 27.0 Å². The minimum absolute atomic E-state index is 0.220. The first-order chi connectivity index (χ1) is 10.6. The molecule has 2 aromatic rings. The second kappa shape index (κ2) is 6.80. The van der Waals surface area contributed by atoms with Gasteiger partial charge in [0, 0.05) is 6.07 Å². The number of hydrogen-bond donors (Lipinski definition) is 1. The van der Waals surface area contributed by atoms with E-state index in [1.165, 1.54) is 6.07 Å². The van der Waals surface area contributed by atoms with Crippen molar-refractivity contribution < 1.29 is 14.2 Å². The molecule has 1 N–H and O–H groups in total. The van der Waals surface area contributed by atoms with Crippen LogP contribution in [0.5, 0.6) is 17.2 Å². The van der Waals surface area contributed by atoms with Crippen molar-refractivity contribution in [3.8, 4) is 17.2 Å². The van der Waals surface area contributed by atoms with Crippen LogP contribution in [-0.2, 0) is 0 Å². The Morgan fingerprint density at radius 2 is 1.64 bits per heavy atom. The summed E-state index contributed by atoms with van der Waals surface area (Å²) in [6.07, 6.45) is 3.67. The van der Waals surface area contributed by atoms with Crippen molar-refractivity contribution in [2.24, 2.45) is 0 Å². The fourth-order valence-corrected chi connectivity index (χ4v) is 2.05. The first-order valence-electron chi connectivity index (χ1n) is 6.63. The Labute approximate surface area is 128 Å². The molecule has 0 aliphatic heterocycles. The van der Waals surface area contributed by atoms with Crippen LogP contribution in [0.25, 0.3) is 12.2 Å². The number of ether oxygens (including phenoxy) is 3. The minimum atomic E-state index is -0.220. The van der Waals surface area contributed by atoms with Gasteiger partial charge in [-0.2, -0.15) is 5.10 Å². The molecule has 0 aliphatic rings. The van der Waals surface area contributed by atoms with E-state index in [2.05, 4.69) is 10.2 Å². The van der Waals surface area contributed by atoms with Crippen molar-refractivity contribution in [3.63, 3.8) is 0 Å². The van der Waals surface area contributed by atoms with Crippen LogP contribution in [0.1, 0.15) is 16.8 Å². The summed E-state index contributed by atoms with van der Waals surface area (Å²) in [5.41, 5.74) is 2.13. The molecule has 1 aromatic carbocycles. The van der Waals surface area contributed by atoms with E-state index in [-0.39, 0.29) is 5.56 Å². The summed E-state index contributed by atoms with van der Waals surface area (Å²) < 4.78 is 15.9. The highest BCUT2D eigenvalue weighted by Crippen LogP contribution is 2.38. The Morgan fingerprint density at radius 1 is 1.00 bits per heavy atom. The predicted octanol–water partition coefficient (Wildman–Crippen LogP) is 2.27. The van der Waals surface area contributed by atoms with Gasteiger partial charge in [0.2, 0.25) is 5.75 Å². The summed E-state index contributed by atoms with van der Waals surface area (Å²) >= 11 is 0. The maximum atomic E-state index is 11.2. The van der Waals surface area contributed by atoms with Crippen molar-refractivity contribution in [1.29, 1.82) is 0 Å². The summed E-state index contributed by atoms with van der Waals surface area (Å²) in [6, 6.07) is 5.17. The Hall–Kier alpha value is -2.76. The highest BCUT2D eigenvalue weighted by Gasteiger charge is 2.12. The van der Waals surface area contributed by atoms with Crippen molar-refractivity contribution in [2.75, 3.05) is 21.3 Å². The molecule has 0 radical (unpaired) electrons. The van der Waals surface area contributed by atoms with E-state index in [9.17, 15) is 4.79 Å². The maximum absolute atomic E-state index is 11.2. The average Bonchev–Trinajstić information content (AvgIpc) is 2.52. The van der Waals surface area contributed by atoms with Gasteiger partial charge in [-0.25, -0.2) is 5.10 Å². The third-order valence-corrected chi connectivity index (χ3v) is 3.16. The lowest BCUT2D eigenvalue weighted by molar-refractivity contribution is 0.324. The van der Waals surface area contributed by atoms with Crippen molar-refractivity contribution in [3.05, 3.63) is 45.4 Å². The molecular formula is C16H18N2O4. The van der Waals surface area contributed by atoms with Gasteiger partial charge in [0.15, 0.2) is 11.5 Å². The molecular weight excluding hydrogens is 284 g/mol. The molecule has 6 heteroatoms. The summed E-state index contributed by atoms with van der Waals surface area (Å²) in [5.74, 6) is 1.70. The van der Waals surface area contributed by atoms with E-state index >= 15 is 0 Å². The number of H-pyrrole nitrogens is 1. The number of rotatable bonds is 5. The number of nitrogens with zero attached hydrogens (tertiary/aromatic N) is 1. The van der Waals surface area contributed by atoms with Gasteiger partial charge in [-0.3, -0.25) is 4.79 Å². The second-order valence-corrected chi connectivity index (χ2v) is 4.59. The topological polar surface area (TPSA) is 73.4 Å². The molecule has 0 atom stereocenters. The summed E-state index contributed by atoms with van der Waals surface area (Å²) in [6.45, 7) is 1.83. The monoisotopic (exact) mass is 302 g/mol. The summed E-state index contributed by atoms with van der Waals surface area (Å²) in [7, 11) is 4.69. The van der Waals surface area contributed by atoms with Crippen LogP contribution in [0, 0.1) is 6.92 Å². The fraction of sp³-hybridized carbons (Fsp3) is 0.250.